The Morgan fingerprint density at radius 1 is 1.04 bits per heavy atom. The van der Waals surface area contributed by atoms with Crippen LogP contribution in [0.3, 0.4) is 0 Å². The second-order valence-electron chi connectivity index (χ2n) is 5.54. The fourth-order valence-corrected chi connectivity index (χ4v) is 3.60. The van der Waals surface area contributed by atoms with Crippen molar-refractivity contribution in [2.75, 3.05) is 0 Å². The van der Waals surface area contributed by atoms with Gasteiger partial charge in [-0.05, 0) is 41.4 Å². The molecule has 4 rings (SSSR count). The highest BCUT2D eigenvalue weighted by molar-refractivity contribution is 7.99. The highest BCUT2D eigenvalue weighted by Gasteiger charge is 2.15. The standard InChI is InChI=1S/C19H12ClN3O2S/c20-17(24)16-10-21-18-15(11-22-23(18)19(16)25)12-6-8-14(9-7-12)26-13-4-2-1-3-5-13/h1-11,22H. The molecule has 7 heteroatoms. The van der Waals surface area contributed by atoms with Crippen LogP contribution in [-0.2, 0) is 0 Å². The Bertz CT molecular complexity index is 1150. The highest BCUT2D eigenvalue weighted by Crippen LogP contribution is 2.30. The van der Waals surface area contributed by atoms with E-state index in [0.29, 0.717) is 5.65 Å². The van der Waals surface area contributed by atoms with Crippen molar-refractivity contribution in [1.82, 2.24) is 14.6 Å². The van der Waals surface area contributed by atoms with Gasteiger partial charge in [0.25, 0.3) is 10.8 Å². The van der Waals surface area contributed by atoms with E-state index in [1.165, 1.54) is 15.6 Å². The van der Waals surface area contributed by atoms with Crippen LogP contribution in [0, 0.1) is 0 Å². The molecule has 0 aliphatic carbocycles. The number of H-pyrrole nitrogens is 1. The van der Waals surface area contributed by atoms with E-state index < -0.39 is 10.8 Å². The molecule has 5 nitrogen and oxygen atoms in total. The zero-order chi connectivity index (χ0) is 18.1. The summed E-state index contributed by atoms with van der Waals surface area (Å²) in [7, 11) is 0. The van der Waals surface area contributed by atoms with Gasteiger partial charge in [0, 0.05) is 27.7 Å². The first-order valence-electron chi connectivity index (χ1n) is 7.76. The number of aromatic amines is 1. The summed E-state index contributed by atoms with van der Waals surface area (Å²) in [5, 5.41) is 2.01. The first-order chi connectivity index (χ1) is 12.6. The summed E-state index contributed by atoms with van der Waals surface area (Å²) >= 11 is 7.08. The van der Waals surface area contributed by atoms with Crippen LogP contribution in [0.5, 0.6) is 0 Å². The molecule has 0 radical (unpaired) electrons. The lowest BCUT2D eigenvalue weighted by molar-refractivity contribution is 0.107. The fourth-order valence-electron chi connectivity index (χ4n) is 2.63. The third kappa shape index (κ3) is 3.05. The average Bonchev–Trinajstić information content (AvgIpc) is 3.08. The van der Waals surface area contributed by atoms with Gasteiger partial charge < -0.3 is 0 Å². The minimum atomic E-state index is -0.824. The molecule has 0 unspecified atom stereocenters. The van der Waals surface area contributed by atoms with Gasteiger partial charge in [0.2, 0.25) is 0 Å². The third-order valence-corrected chi connectivity index (χ3v) is 5.12. The number of nitrogens with zero attached hydrogens (tertiary/aromatic N) is 2. The zero-order valence-electron chi connectivity index (χ0n) is 13.3. The van der Waals surface area contributed by atoms with Crippen molar-refractivity contribution in [2.45, 2.75) is 9.79 Å². The van der Waals surface area contributed by atoms with Crippen LogP contribution in [0.1, 0.15) is 10.4 Å². The maximum atomic E-state index is 12.3. The van der Waals surface area contributed by atoms with Gasteiger partial charge in [-0.15, -0.1) is 0 Å². The minimum Gasteiger partial charge on any atom is -0.296 e. The highest BCUT2D eigenvalue weighted by atomic mass is 35.5. The van der Waals surface area contributed by atoms with Gasteiger partial charge in [-0.1, -0.05) is 42.1 Å². The van der Waals surface area contributed by atoms with Crippen molar-refractivity contribution in [1.29, 1.82) is 0 Å². The summed E-state index contributed by atoms with van der Waals surface area (Å²) in [5.41, 5.74) is 1.45. The second kappa shape index (κ2) is 6.82. The summed E-state index contributed by atoms with van der Waals surface area (Å²) in [6.45, 7) is 0. The van der Waals surface area contributed by atoms with Crippen molar-refractivity contribution in [3.05, 3.63) is 82.9 Å². The summed E-state index contributed by atoms with van der Waals surface area (Å²) in [5.74, 6) is 0. The maximum absolute atomic E-state index is 12.3. The molecular weight excluding hydrogens is 370 g/mol. The van der Waals surface area contributed by atoms with Gasteiger partial charge in [-0.3, -0.25) is 14.7 Å². The van der Waals surface area contributed by atoms with Gasteiger partial charge >= 0.3 is 0 Å². The van der Waals surface area contributed by atoms with E-state index in [-0.39, 0.29) is 5.56 Å². The fraction of sp³-hybridized carbons (Fsp3) is 0. The van der Waals surface area contributed by atoms with Crippen LogP contribution in [0.25, 0.3) is 16.8 Å². The van der Waals surface area contributed by atoms with Gasteiger partial charge in [-0.2, -0.15) is 0 Å². The number of hydrogen-bond donors (Lipinski definition) is 1. The van der Waals surface area contributed by atoms with E-state index in [1.54, 1.807) is 18.0 Å². The van der Waals surface area contributed by atoms with E-state index in [4.69, 9.17) is 11.6 Å². The number of fused-ring (bicyclic) bond motifs is 1. The number of carbonyl (C=O) groups excluding carboxylic acids is 1. The van der Waals surface area contributed by atoms with Gasteiger partial charge in [-0.25, -0.2) is 9.50 Å². The quantitative estimate of drug-likeness (QED) is 0.537. The number of rotatable bonds is 4. The lowest BCUT2D eigenvalue weighted by Crippen LogP contribution is -2.21. The Morgan fingerprint density at radius 3 is 2.42 bits per heavy atom. The Balaban J connectivity index is 1.69. The van der Waals surface area contributed by atoms with E-state index in [1.807, 2.05) is 42.5 Å². The molecule has 0 aliphatic heterocycles. The molecule has 0 bridgehead atoms. The third-order valence-electron chi connectivity index (χ3n) is 3.90. The van der Waals surface area contributed by atoms with Crippen LogP contribution < -0.4 is 5.56 Å². The lowest BCUT2D eigenvalue weighted by Gasteiger charge is -2.04. The van der Waals surface area contributed by atoms with Crippen molar-refractivity contribution in [3.63, 3.8) is 0 Å². The monoisotopic (exact) mass is 381 g/mol. The molecule has 0 saturated carbocycles. The molecule has 0 fully saturated rings. The molecular formula is C19H12ClN3O2S. The Labute approximate surface area is 157 Å². The molecule has 2 aromatic carbocycles. The molecule has 2 aromatic heterocycles. The van der Waals surface area contributed by atoms with Crippen molar-refractivity contribution >= 4 is 34.3 Å². The number of carbonyl (C=O) groups is 1. The summed E-state index contributed by atoms with van der Waals surface area (Å²) < 4.78 is 1.22. The first-order valence-corrected chi connectivity index (χ1v) is 8.95. The predicted molar refractivity (Wildman–Crippen MR) is 102 cm³/mol. The zero-order valence-corrected chi connectivity index (χ0v) is 14.9. The van der Waals surface area contributed by atoms with Crippen LogP contribution in [0.2, 0.25) is 0 Å². The number of halogens is 1. The molecule has 4 aromatic rings. The summed E-state index contributed by atoms with van der Waals surface area (Å²) in [6, 6.07) is 18.1. The number of aromatic nitrogens is 3. The van der Waals surface area contributed by atoms with Crippen molar-refractivity contribution < 1.29 is 4.79 Å². The first kappa shape index (κ1) is 16.6. The molecule has 0 amide bonds. The molecule has 0 aliphatic rings. The Morgan fingerprint density at radius 2 is 1.73 bits per heavy atom. The summed E-state index contributed by atoms with van der Waals surface area (Å²) in [6.07, 6.45) is 2.90. The molecule has 0 spiro atoms. The largest absolute Gasteiger partial charge is 0.296 e. The maximum Gasteiger partial charge on any atom is 0.284 e. The van der Waals surface area contributed by atoms with E-state index >= 15 is 0 Å². The number of hydrogen-bond acceptors (Lipinski definition) is 4. The number of benzene rings is 2. The van der Waals surface area contributed by atoms with Crippen LogP contribution in [-0.4, -0.2) is 19.8 Å². The molecule has 0 atom stereocenters. The van der Waals surface area contributed by atoms with Crippen LogP contribution in [0.15, 0.2) is 81.6 Å². The molecule has 2 heterocycles. The van der Waals surface area contributed by atoms with E-state index in [2.05, 4.69) is 22.2 Å². The van der Waals surface area contributed by atoms with Crippen LogP contribution in [0.4, 0.5) is 0 Å². The SMILES string of the molecule is O=C(Cl)c1cnc2c(-c3ccc(Sc4ccccc4)cc3)c[nH]n2c1=O. The molecule has 0 saturated heterocycles. The van der Waals surface area contributed by atoms with E-state index in [9.17, 15) is 9.59 Å². The Kier molecular flexibility index (Phi) is 4.36. The Hall–Kier alpha value is -2.83. The lowest BCUT2D eigenvalue weighted by atomic mass is 10.1. The van der Waals surface area contributed by atoms with Crippen molar-refractivity contribution in [3.8, 4) is 11.1 Å². The molecule has 1 N–H and O–H groups in total. The normalized spacial score (nSPS) is 11.0. The van der Waals surface area contributed by atoms with Gasteiger partial charge in [0.05, 0.1) is 0 Å². The average molecular weight is 382 g/mol. The minimum absolute atomic E-state index is 0.160. The smallest absolute Gasteiger partial charge is 0.284 e. The van der Waals surface area contributed by atoms with Gasteiger partial charge in [0.1, 0.15) is 5.56 Å². The molecule has 26 heavy (non-hydrogen) atoms. The van der Waals surface area contributed by atoms with Gasteiger partial charge in [0.15, 0.2) is 5.65 Å². The van der Waals surface area contributed by atoms with Crippen molar-refractivity contribution in [2.24, 2.45) is 0 Å². The van der Waals surface area contributed by atoms with E-state index in [0.717, 1.165) is 16.0 Å². The predicted octanol–water partition coefficient (Wildman–Crippen LogP) is 4.22. The summed E-state index contributed by atoms with van der Waals surface area (Å²) in [4.78, 5) is 30.0. The van der Waals surface area contributed by atoms with Crippen LogP contribution >= 0.6 is 23.4 Å². The molecule has 128 valence electrons. The number of nitrogens with one attached hydrogen (secondary N) is 1. The second-order valence-corrected chi connectivity index (χ2v) is 7.03. The topological polar surface area (TPSA) is 67.2 Å².